The molecule has 198 valence electrons. The van der Waals surface area contributed by atoms with Gasteiger partial charge < -0.3 is 19.8 Å². The van der Waals surface area contributed by atoms with Gasteiger partial charge in [-0.05, 0) is 41.5 Å². The largest absolute Gasteiger partial charge is 0.497 e. The monoisotopic (exact) mass is 524 g/mol. The van der Waals surface area contributed by atoms with Gasteiger partial charge in [0.05, 0.1) is 25.0 Å². The molecule has 4 aromatic rings. The van der Waals surface area contributed by atoms with Gasteiger partial charge in [-0.2, -0.15) is 0 Å². The van der Waals surface area contributed by atoms with Gasteiger partial charge in [-0.3, -0.25) is 14.5 Å². The van der Waals surface area contributed by atoms with E-state index in [1.807, 2.05) is 48.5 Å². The number of anilines is 1. The maximum absolute atomic E-state index is 14.2. The van der Waals surface area contributed by atoms with Crippen LogP contribution < -0.4 is 15.0 Å². The lowest BCUT2D eigenvalue weighted by Gasteiger charge is -2.36. The topological polar surface area (TPSA) is 104 Å². The molecule has 3 heterocycles. The second-order valence-corrected chi connectivity index (χ2v) is 9.59. The molecule has 2 atom stereocenters. The lowest BCUT2D eigenvalue weighted by molar-refractivity contribution is -0.120. The average Bonchev–Trinajstić information content (AvgIpc) is 3.46. The van der Waals surface area contributed by atoms with E-state index in [-0.39, 0.29) is 23.1 Å². The zero-order valence-corrected chi connectivity index (χ0v) is 21.6. The van der Waals surface area contributed by atoms with Gasteiger partial charge in [0.15, 0.2) is 0 Å². The Morgan fingerprint density at radius 1 is 1.03 bits per heavy atom. The van der Waals surface area contributed by atoms with Crippen LogP contribution in [0.15, 0.2) is 72.8 Å². The third-order valence-electron chi connectivity index (χ3n) is 7.44. The molecule has 1 aromatic heterocycles. The molecular weight excluding hydrogens is 496 g/mol. The van der Waals surface area contributed by atoms with Crippen molar-refractivity contribution in [2.24, 2.45) is 0 Å². The highest BCUT2D eigenvalue weighted by Crippen LogP contribution is 2.45. The number of fused-ring (bicyclic) bond motifs is 4. The van der Waals surface area contributed by atoms with Crippen LogP contribution in [0.1, 0.15) is 33.2 Å². The second-order valence-electron chi connectivity index (χ2n) is 9.59. The zero-order chi connectivity index (χ0) is 27.1. The Kier molecular flexibility index (Phi) is 6.28. The first-order chi connectivity index (χ1) is 19.0. The molecule has 9 nitrogen and oxygen atoms in total. The van der Waals surface area contributed by atoms with Crippen molar-refractivity contribution in [2.75, 3.05) is 32.3 Å². The minimum atomic E-state index is -0.731. The Morgan fingerprint density at radius 3 is 2.64 bits per heavy atom. The Hall–Kier alpha value is -4.63. The van der Waals surface area contributed by atoms with E-state index >= 15 is 0 Å². The molecule has 1 fully saturated rings. The normalized spacial score (nSPS) is 18.3. The van der Waals surface area contributed by atoms with Crippen molar-refractivity contribution in [3.63, 3.8) is 0 Å². The van der Waals surface area contributed by atoms with E-state index in [4.69, 9.17) is 9.47 Å². The first-order valence-corrected chi connectivity index (χ1v) is 12.8. The summed E-state index contributed by atoms with van der Waals surface area (Å²) < 4.78 is 10.5. The number of benzene rings is 3. The van der Waals surface area contributed by atoms with Crippen molar-refractivity contribution in [3.8, 4) is 5.75 Å². The summed E-state index contributed by atoms with van der Waals surface area (Å²) in [4.78, 5) is 47.5. The van der Waals surface area contributed by atoms with Crippen molar-refractivity contribution < 1.29 is 23.9 Å². The number of para-hydroxylation sites is 2. The van der Waals surface area contributed by atoms with Gasteiger partial charge in [0.25, 0.3) is 11.8 Å². The number of aromatic amines is 1. The Balaban J connectivity index is 1.46. The quantitative estimate of drug-likeness (QED) is 0.281. The number of aromatic nitrogens is 1. The van der Waals surface area contributed by atoms with Crippen molar-refractivity contribution in [2.45, 2.75) is 18.5 Å². The maximum Gasteiger partial charge on any atom is 0.332 e. The first kappa shape index (κ1) is 24.7. The molecule has 4 amide bonds. The fourth-order valence-corrected chi connectivity index (χ4v) is 5.68. The van der Waals surface area contributed by atoms with Gasteiger partial charge in [0.2, 0.25) is 0 Å². The van der Waals surface area contributed by atoms with Crippen molar-refractivity contribution >= 4 is 34.4 Å². The van der Waals surface area contributed by atoms with Crippen molar-refractivity contribution in [1.82, 2.24) is 15.2 Å². The van der Waals surface area contributed by atoms with Crippen LogP contribution in [0.25, 0.3) is 10.9 Å². The number of carbonyl (C=O) groups excluding carboxylic acids is 3. The molecule has 2 N–H and O–H groups in total. The van der Waals surface area contributed by atoms with Gasteiger partial charge in [0.1, 0.15) is 17.8 Å². The lowest BCUT2D eigenvalue weighted by atomic mass is 9.89. The molecule has 3 aromatic carbocycles. The Bertz CT molecular complexity index is 1600. The molecule has 9 heteroatoms. The van der Waals surface area contributed by atoms with E-state index in [9.17, 15) is 14.4 Å². The number of nitrogens with one attached hydrogen (secondary N) is 2. The van der Waals surface area contributed by atoms with Crippen LogP contribution in [0.3, 0.4) is 0 Å². The summed E-state index contributed by atoms with van der Waals surface area (Å²) >= 11 is 0. The van der Waals surface area contributed by atoms with E-state index in [0.29, 0.717) is 25.3 Å². The first-order valence-electron chi connectivity index (χ1n) is 12.8. The number of rotatable bonds is 7. The molecule has 0 spiro atoms. The summed E-state index contributed by atoms with van der Waals surface area (Å²) in [5, 5.41) is 3.81. The van der Waals surface area contributed by atoms with Gasteiger partial charge in [-0.25, -0.2) is 9.69 Å². The molecule has 0 unspecified atom stereocenters. The van der Waals surface area contributed by atoms with E-state index in [1.165, 1.54) is 0 Å². The summed E-state index contributed by atoms with van der Waals surface area (Å²) in [5.74, 6) is -0.0881. The van der Waals surface area contributed by atoms with Crippen LogP contribution in [-0.2, 0) is 16.0 Å². The minimum absolute atomic E-state index is 0.247. The predicted octanol–water partition coefficient (Wildman–Crippen LogP) is 4.04. The zero-order valence-electron chi connectivity index (χ0n) is 21.6. The number of hydrogen-bond donors (Lipinski definition) is 2. The van der Waals surface area contributed by atoms with Crippen molar-refractivity contribution in [3.05, 3.63) is 95.2 Å². The van der Waals surface area contributed by atoms with Gasteiger partial charge in [-0.1, -0.05) is 42.5 Å². The predicted molar refractivity (Wildman–Crippen MR) is 146 cm³/mol. The number of nitrogens with zero attached hydrogens (tertiary/aromatic N) is 2. The van der Waals surface area contributed by atoms with Gasteiger partial charge in [0, 0.05) is 36.7 Å². The number of imide groups is 1. The number of hydrogen-bond acceptors (Lipinski definition) is 5. The molecule has 6 rings (SSSR count). The maximum atomic E-state index is 14.2. The molecule has 0 saturated carbocycles. The molecular formula is C30H28N4O5. The van der Waals surface area contributed by atoms with Crippen LogP contribution in [0.2, 0.25) is 0 Å². The molecule has 1 saturated heterocycles. The van der Waals surface area contributed by atoms with Crippen LogP contribution in [0.5, 0.6) is 5.75 Å². The number of H-pyrrole nitrogens is 1. The Morgan fingerprint density at radius 2 is 1.82 bits per heavy atom. The highest BCUT2D eigenvalue weighted by atomic mass is 16.5. The standard InChI is InChI=1S/C30H28N4O5/c1-38-15-14-31-28(35)21-11-4-6-13-24(21)34-29(36)25-17-22-20-10-3-5-12-23(20)32-26(22)27(33(25)30(34)37)18-8-7-9-19(16-18)39-2/h3-13,16,25,27,32H,14-15,17H2,1-2H3,(H,31,35)/t25-,27+/m0/s1. The SMILES string of the molecule is COCCNC(=O)c1ccccc1N1C(=O)[C@@H]2Cc3c([nH]c4ccccc34)[C@@H](c3cccc(OC)c3)N2C1=O. The van der Waals surface area contributed by atoms with Crippen LogP contribution in [-0.4, -0.2) is 61.1 Å². The van der Waals surface area contributed by atoms with E-state index in [0.717, 1.165) is 32.6 Å². The van der Waals surface area contributed by atoms with E-state index in [1.54, 1.807) is 43.4 Å². The summed E-state index contributed by atoms with van der Waals surface area (Å²) in [7, 11) is 3.15. The number of amides is 4. The minimum Gasteiger partial charge on any atom is -0.497 e. The van der Waals surface area contributed by atoms with Gasteiger partial charge >= 0.3 is 6.03 Å². The number of ether oxygens (including phenoxy) is 2. The molecule has 39 heavy (non-hydrogen) atoms. The Labute approximate surface area is 225 Å². The third-order valence-corrected chi connectivity index (χ3v) is 7.44. The van der Waals surface area contributed by atoms with Crippen molar-refractivity contribution in [1.29, 1.82) is 0 Å². The summed E-state index contributed by atoms with van der Waals surface area (Å²) in [6.45, 7) is 0.652. The summed E-state index contributed by atoms with van der Waals surface area (Å²) in [6.07, 6.45) is 0.364. The average molecular weight is 525 g/mol. The van der Waals surface area contributed by atoms with Crippen LogP contribution >= 0.6 is 0 Å². The smallest absolute Gasteiger partial charge is 0.332 e. The van der Waals surface area contributed by atoms with Crippen LogP contribution in [0, 0.1) is 0 Å². The third kappa shape index (κ3) is 4.02. The fourth-order valence-electron chi connectivity index (χ4n) is 5.68. The number of carbonyl (C=O) groups is 3. The molecule has 0 aliphatic carbocycles. The molecule has 0 radical (unpaired) electrons. The highest BCUT2D eigenvalue weighted by molar-refractivity contribution is 6.24. The second kappa shape index (κ2) is 9.92. The van der Waals surface area contributed by atoms with Crippen LogP contribution in [0.4, 0.5) is 10.5 Å². The molecule has 2 aliphatic rings. The highest BCUT2D eigenvalue weighted by Gasteiger charge is 2.53. The van der Waals surface area contributed by atoms with E-state index in [2.05, 4.69) is 10.3 Å². The molecule has 0 bridgehead atoms. The number of methoxy groups -OCH3 is 2. The fraction of sp³-hybridized carbons (Fsp3) is 0.233. The van der Waals surface area contributed by atoms with E-state index < -0.39 is 18.1 Å². The van der Waals surface area contributed by atoms with Gasteiger partial charge in [-0.15, -0.1) is 0 Å². The summed E-state index contributed by atoms with van der Waals surface area (Å²) in [6, 6.07) is 20.4. The number of urea groups is 1. The molecule has 2 aliphatic heterocycles. The lowest BCUT2D eigenvalue weighted by Crippen LogP contribution is -2.44. The summed E-state index contributed by atoms with van der Waals surface area (Å²) in [5.41, 5.74) is 4.15.